The lowest BCUT2D eigenvalue weighted by atomic mass is 10.1. The summed E-state index contributed by atoms with van der Waals surface area (Å²) in [7, 11) is -3.23. The number of pyridine rings is 1. The molecule has 1 aromatic heterocycles. The molecule has 3 amide bonds. The monoisotopic (exact) mass is 556 g/mol. The van der Waals surface area contributed by atoms with Gasteiger partial charge in [-0.25, -0.2) is 8.42 Å². The minimum absolute atomic E-state index is 0.0210. The zero-order valence-corrected chi connectivity index (χ0v) is 21.7. The second-order valence-corrected chi connectivity index (χ2v) is 11.5. The van der Waals surface area contributed by atoms with Crippen molar-refractivity contribution in [3.8, 4) is 5.69 Å². The van der Waals surface area contributed by atoms with Crippen LogP contribution in [0.25, 0.3) is 5.69 Å². The third-order valence-corrected chi connectivity index (χ3v) is 7.87. The number of carbonyl (C=O) groups is 3. The third-order valence-electron chi connectivity index (χ3n) is 6.01. The summed E-state index contributed by atoms with van der Waals surface area (Å²) >= 11 is 5.88. The van der Waals surface area contributed by atoms with Crippen molar-refractivity contribution in [1.29, 1.82) is 0 Å². The molecule has 10 nitrogen and oxygen atoms in total. The van der Waals surface area contributed by atoms with E-state index in [4.69, 9.17) is 11.6 Å². The third kappa shape index (κ3) is 6.87. The molecule has 2 aromatic carbocycles. The molecule has 0 aliphatic carbocycles. The summed E-state index contributed by atoms with van der Waals surface area (Å²) < 4.78 is 25.0. The van der Waals surface area contributed by atoms with Crippen LogP contribution < -0.4 is 16.2 Å². The van der Waals surface area contributed by atoms with Crippen LogP contribution >= 0.6 is 11.6 Å². The highest BCUT2D eigenvalue weighted by atomic mass is 35.5. The lowest BCUT2D eigenvalue weighted by Crippen LogP contribution is -2.53. The number of anilines is 1. The minimum atomic E-state index is -3.23. The molecule has 2 N–H and O–H groups in total. The number of aromatic nitrogens is 1. The average molecular weight is 557 g/mol. The van der Waals surface area contributed by atoms with E-state index in [0.29, 0.717) is 16.4 Å². The predicted molar refractivity (Wildman–Crippen MR) is 143 cm³/mol. The van der Waals surface area contributed by atoms with E-state index in [-0.39, 0.29) is 42.1 Å². The van der Waals surface area contributed by atoms with Crippen molar-refractivity contribution in [3.63, 3.8) is 0 Å². The van der Waals surface area contributed by atoms with Crippen molar-refractivity contribution >= 4 is 44.8 Å². The van der Waals surface area contributed by atoms with Crippen LogP contribution in [-0.2, 0) is 19.4 Å². The Morgan fingerprint density at radius 3 is 2.21 bits per heavy atom. The maximum Gasteiger partial charge on any atom is 0.255 e. The lowest BCUT2D eigenvalue weighted by Gasteiger charge is -2.30. The number of hydrogen-bond donors (Lipinski definition) is 2. The number of halogens is 1. The Hall–Kier alpha value is -3.96. The smallest absolute Gasteiger partial charge is 0.255 e. The van der Waals surface area contributed by atoms with Crippen LogP contribution in [-0.4, -0.2) is 66.2 Å². The van der Waals surface area contributed by atoms with E-state index in [2.05, 4.69) is 10.6 Å². The molecule has 0 spiro atoms. The Kier molecular flexibility index (Phi) is 8.28. The molecule has 3 aromatic rings. The first-order valence-electron chi connectivity index (χ1n) is 11.7. The van der Waals surface area contributed by atoms with Gasteiger partial charge in [-0.2, -0.15) is 0 Å². The fourth-order valence-electron chi connectivity index (χ4n) is 3.94. The van der Waals surface area contributed by atoms with Crippen LogP contribution in [0.4, 0.5) is 5.69 Å². The molecule has 1 saturated heterocycles. The Morgan fingerprint density at radius 2 is 1.58 bits per heavy atom. The number of amides is 3. The standard InChI is InChI=1S/C26H25ClN4O6S/c27-19-6-8-20(9-7-19)28-23(32)17-22(26(35)30-13-15-38(36,37)16-14-30)29-25(34)18-4-10-21(11-5-18)31-12-2-1-3-24(31)33/h1-12,22H,13-17H2,(H,28,32)(H,29,34). The van der Waals surface area contributed by atoms with E-state index in [1.165, 1.54) is 27.7 Å². The molecule has 198 valence electrons. The summed E-state index contributed by atoms with van der Waals surface area (Å²) in [5, 5.41) is 5.78. The highest BCUT2D eigenvalue weighted by molar-refractivity contribution is 7.91. The molecular formula is C26H25ClN4O6S. The van der Waals surface area contributed by atoms with Crippen LogP contribution in [0, 0.1) is 0 Å². The maximum absolute atomic E-state index is 13.3. The summed E-state index contributed by atoms with van der Waals surface area (Å²) in [4.78, 5) is 52.5. The number of benzene rings is 2. The second kappa shape index (κ2) is 11.6. The van der Waals surface area contributed by atoms with E-state index in [1.807, 2.05) is 0 Å². The van der Waals surface area contributed by atoms with E-state index in [1.54, 1.807) is 54.7 Å². The number of rotatable bonds is 7. The van der Waals surface area contributed by atoms with Crippen molar-refractivity contribution in [3.05, 3.63) is 93.9 Å². The fourth-order valence-corrected chi connectivity index (χ4v) is 5.27. The van der Waals surface area contributed by atoms with Gasteiger partial charge in [-0.3, -0.25) is 23.7 Å². The Labute approximate surface area is 224 Å². The Balaban J connectivity index is 1.50. The fraction of sp³-hybridized carbons (Fsp3) is 0.231. The summed E-state index contributed by atoms with van der Waals surface area (Å²) in [6.45, 7) is -0.0419. The molecule has 1 aliphatic heterocycles. The molecule has 1 atom stereocenters. The zero-order chi connectivity index (χ0) is 27.3. The Morgan fingerprint density at radius 1 is 0.921 bits per heavy atom. The van der Waals surface area contributed by atoms with Gasteiger partial charge in [0.15, 0.2) is 9.84 Å². The number of sulfone groups is 1. The maximum atomic E-state index is 13.3. The first kappa shape index (κ1) is 27.1. The van der Waals surface area contributed by atoms with Gasteiger partial charge in [0.25, 0.3) is 11.5 Å². The van der Waals surface area contributed by atoms with Crippen LogP contribution in [0.1, 0.15) is 16.8 Å². The van der Waals surface area contributed by atoms with Crippen LogP contribution in [0.3, 0.4) is 0 Å². The normalized spacial score (nSPS) is 15.3. The molecule has 1 unspecified atom stereocenters. The van der Waals surface area contributed by atoms with Crippen molar-refractivity contribution in [2.75, 3.05) is 29.9 Å². The highest BCUT2D eigenvalue weighted by Gasteiger charge is 2.32. The average Bonchev–Trinajstić information content (AvgIpc) is 2.89. The molecular weight excluding hydrogens is 532 g/mol. The van der Waals surface area contributed by atoms with Gasteiger partial charge in [0.1, 0.15) is 6.04 Å². The number of carbonyl (C=O) groups excluding carboxylic acids is 3. The zero-order valence-electron chi connectivity index (χ0n) is 20.2. The molecule has 1 aliphatic rings. The van der Waals surface area contributed by atoms with Crippen molar-refractivity contribution in [1.82, 2.24) is 14.8 Å². The van der Waals surface area contributed by atoms with E-state index in [9.17, 15) is 27.6 Å². The lowest BCUT2D eigenvalue weighted by molar-refractivity contribution is -0.134. The number of nitrogens with zero attached hydrogens (tertiary/aromatic N) is 2. The van der Waals surface area contributed by atoms with Gasteiger partial charge in [-0.15, -0.1) is 0 Å². The van der Waals surface area contributed by atoms with Gasteiger partial charge in [0, 0.05) is 47.3 Å². The SMILES string of the molecule is O=C(CC(NC(=O)c1ccc(-n2ccccc2=O)cc1)C(=O)N1CCS(=O)(=O)CC1)Nc1ccc(Cl)cc1. The summed E-state index contributed by atoms with van der Waals surface area (Å²) in [5.41, 5.74) is 1.00. The molecule has 0 bridgehead atoms. The van der Waals surface area contributed by atoms with Gasteiger partial charge in [0.05, 0.1) is 17.9 Å². The Bertz CT molecular complexity index is 1490. The van der Waals surface area contributed by atoms with Gasteiger partial charge >= 0.3 is 0 Å². The molecule has 0 radical (unpaired) electrons. The van der Waals surface area contributed by atoms with E-state index < -0.39 is 33.6 Å². The van der Waals surface area contributed by atoms with Gasteiger partial charge in [-0.1, -0.05) is 17.7 Å². The summed E-state index contributed by atoms with van der Waals surface area (Å²) in [6, 6.07) is 16.1. The quantitative estimate of drug-likeness (QED) is 0.456. The van der Waals surface area contributed by atoms with Crippen LogP contribution in [0.15, 0.2) is 77.7 Å². The first-order chi connectivity index (χ1) is 18.1. The predicted octanol–water partition coefficient (Wildman–Crippen LogP) is 1.88. The van der Waals surface area contributed by atoms with E-state index in [0.717, 1.165) is 0 Å². The summed E-state index contributed by atoms with van der Waals surface area (Å²) in [6.07, 6.45) is 1.23. The van der Waals surface area contributed by atoms with E-state index >= 15 is 0 Å². The summed E-state index contributed by atoms with van der Waals surface area (Å²) in [5.74, 6) is -2.03. The number of nitrogens with one attached hydrogen (secondary N) is 2. The number of hydrogen-bond acceptors (Lipinski definition) is 6. The molecule has 2 heterocycles. The second-order valence-electron chi connectivity index (χ2n) is 8.72. The van der Waals surface area contributed by atoms with Gasteiger partial charge in [0.2, 0.25) is 11.8 Å². The minimum Gasteiger partial charge on any atom is -0.340 e. The highest BCUT2D eigenvalue weighted by Crippen LogP contribution is 2.15. The molecule has 12 heteroatoms. The first-order valence-corrected chi connectivity index (χ1v) is 13.9. The van der Waals surface area contributed by atoms with Gasteiger partial charge in [-0.05, 0) is 54.6 Å². The van der Waals surface area contributed by atoms with Gasteiger partial charge < -0.3 is 15.5 Å². The molecule has 4 rings (SSSR count). The molecule has 38 heavy (non-hydrogen) atoms. The van der Waals surface area contributed by atoms with Crippen LogP contribution in [0.5, 0.6) is 0 Å². The van der Waals surface area contributed by atoms with Crippen molar-refractivity contribution in [2.45, 2.75) is 12.5 Å². The molecule has 0 saturated carbocycles. The van der Waals surface area contributed by atoms with Crippen LogP contribution in [0.2, 0.25) is 5.02 Å². The van der Waals surface area contributed by atoms with Crippen molar-refractivity contribution < 1.29 is 22.8 Å². The molecule has 1 fully saturated rings. The largest absolute Gasteiger partial charge is 0.340 e. The topological polar surface area (TPSA) is 135 Å². The van der Waals surface area contributed by atoms with Crippen molar-refractivity contribution in [2.24, 2.45) is 0 Å².